The van der Waals surface area contributed by atoms with Crippen molar-refractivity contribution in [2.45, 2.75) is 6.92 Å². The quantitative estimate of drug-likeness (QED) is 0.557. The Morgan fingerprint density at radius 2 is 1.77 bits per heavy atom. The van der Waals surface area contributed by atoms with Gasteiger partial charge in [0.1, 0.15) is 12.0 Å². The van der Waals surface area contributed by atoms with Crippen molar-refractivity contribution in [2.75, 3.05) is 0 Å². The van der Waals surface area contributed by atoms with Gasteiger partial charge in [0.15, 0.2) is 0 Å². The topological polar surface area (TPSA) is 67.8 Å². The number of carbonyl (C=O) groups is 1. The zero-order chi connectivity index (χ0) is 18.3. The fraction of sp³-hybridized carbons (Fsp3) is 0.0500. The maximum Gasteiger partial charge on any atom is 0.282 e. The number of hydrogen-bond acceptors (Lipinski definition) is 3. The van der Waals surface area contributed by atoms with Crippen LogP contribution in [0, 0.1) is 6.92 Å². The molecule has 128 valence electrons. The first-order valence-electron chi connectivity index (χ1n) is 8.01. The number of pyridine rings is 1. The van der Waals surface area contributed by atoms with Gasteiger partial charge in [-0.1, -0.05) is 35.9 Å². The van der Waals surface area contributed by atoms with Gasteiger partial charge in [0.2, 0.25) is 0 Å². The van der Waals surface area contributed by atoms with Gasteiger partial charge in [0.05, 0.1) is 11.3 Å². The van der Waals surface area contributed by atoms with Gasteiger partial charge < -0.3 is 4.98 Å². The number of aryl methyl sites for hydroxylation is 1. The molecule has 0 unspecified atom stereocenters. The van der Waals surface area contributed by atoms with E-state index in [9.17, 15) is 9.59 Å². The molecule has 0 saturated carbocycles. The molecule has 0 aromatic heterocycles. The zero-order valence-corrected chi connectivity index (χ0v) is 14.6. The zero-order valence-electron chi connectivity index (χ0n) is 13.9. The van der Waals surface area contributed by atoms with Crippen LogP contribution in [0.4, 0.5) is 0 Å². The van der Waals surface area contributed by atoms with Crippen LogP contribution in [0.2, 0.25) is 5.02 Å². The molecule has 0 atom stereocenters. The Kier molecular flexibility index (Phi) is 3.93. The van der Waals surface area contributed by atoms with Gasteiger partial charge in [0, 0.05) is 28.0 Å². The van der Waals surface area contributed by atoms with E-state index >= 15 is 0 Å². The van der Waals surface area contributed by atoms with Gasteiger partial charge in [-0.05, 0) is 36.8 Å². The molecule has 4 rings (SSSR count). The standard InChI is InChI=1S/C20H14ClN3O2/c1-12-18(14-4-2-13(11-25)3-5-14)19-17(10-22-12)20(26)24(23-19)16-8-6-15(21)7-9-16/h2-11,22H,1H3. The molecule has 0 spiro atoms. The minimum absolute atomic E-state index is 0.204. The number of H-pyrrole nitrogens is 1. The van der Waals surface area contributed by atoms with E-state index in [1.165, 1.54) is 4.68 Å². The third-order valence-electron chi connectivity index (χ3n) is 4.33. The summed E-state index contributed by atoms with van der Waals surface area (Å²) in [6.45, 7) is 1.92. The van der Waals surface area contributed by atoms with Gasteiger partial charge in [-0.25, -0.2) is 0 Å². The van der Waals surface area contributed by atoms with Crippen molar-refractivity contribution in [1.82, 2.24) is 14.8 Å². The van der Waals surface area contributed by atoms with E-state index in [2.05, 4.69) is 10.1 Å². The molecule has 26 heavy (non-hydrogen) atoms. The predicted octanol–water partition coefficient (Wildman–Crippen LogP) is 4.11. The first-order valence-corrected chi connectivity index (χ1v) is 8.39. The number of hydrogen-bond donors (Lipinski definition) is 1. The molecular weight excluding hydrogens is 350 g/mol. The summed E-state index contributed by atoms with van der Waals surface area (Å²) in [6.07, 6.45) is 2.48. The molecule has 2 heterocycles. The lowest BCUT2D eigenvalue weighted by Crippen LogP contribution is -2.14. The van der Waals surface area contributed by atoms with E-state index in [4.69, 9.17) is 11.6 Å². The Labute approximate surface area is 154 Å². The Morgan fingerprint density at radius 1 is 1.08 bits per heavy atom. The van der Waals surface area contributed by atoms with E-state index < -0.39 is 0 Å². The summed E-state index contributed by atoms with van der Waals surface area (Å²) in [5.74, 6) is 0. The number of rotatable bonds is 3. The van der Waals surface area contributed by atoms with E-state index in [0.29, 0.717) is 27.5 Å². The number of nitrogens with zero attached hydrogens (tertiary/aromatic N) is 2. The fourth-order valence-corrected chi connectivity index (χ4v) is 3.12. The molecule has 0 radical (unpaired) electrons. The van der Waals surface area contributed by atoms with E-state index in [-0.39, 0.29) is 5.56 Å². The second-order valence-corrected chi connectivity index (χ2v) is 6.42. The summed E-state index contributed by atoms with van der Waals surface area (Å²) in [6, 6.07) is 14.1. The van der Waals surface area contributed by atoms with Crippen LogP contribution in [0.15, 0.2) is 59.5 Å². The lowest BCUT2D eigenvalue weighted by Gasteiger charge is -2.10. The highest BCUT2D eigenvalue weighted by atomic mass is 35.5. The summed E-state index contributed by atoms with van der Waals surface area (Å²) >= 11 is 5.93. The Bertz CT molecular complexity index is 1130. The minimum Gasteiger partial charge on any atom is -0.364 e. The van der Waals surface area contributed by atoms with Crippen molar-refractivity contribution >= 4 is 17.9 Å². The normalized spacial score (nSPS) is 11.0. The van der Waals surface area contributed by atoms with Gasteiger partial charge in [-0.3, -0.25) is 9.59 Å². The van der Waals surface area contributed by atoms with Crippen molar-refractivity contribution < 1.29 is 4.79 Å². The van der Waals surface area contributed by atoms with Crippen LogP contribution >= 0.6 is 11.6 Å². The number of aldehydes is 1. The number of fused-ring (bicyclic) bond motifs is 1. The third-order valence-corrected chi connectivity index (χ3v) is 4.58. The highest BCUT2D eigenvalue weighted by molar-refractivity contribution is 6.30. The minimum atomic E-state index is -0.204. The fourth-order valence-electron chi connectivity index (χ4n) is 3.00. The first kappa shape index (κ1) is 16.3. The van der Waals surface area contributed by atoms with Crippen LogP contribution in [0.1, 0.15) is 16.1 Å². The second-order valence-electron chi connectivity index (χ2n) is 5.98. The van der Waals surface area contributed by atoms with Gasteiger partial charge in [-0.15, -0.1) is 0 Å². The highest BCUT2D eigenvalue weighted by Crippen LogP contribution is 2.32. The Balaban J connectivity index is 1.95. The van der Waals surface area contributed by atoms with Crippen molar-refractivity contribution in [3.63, 3.8) is 0 Å². The van der Waals surface area contributed by atoms with Crippen molar-refractivity contribution in [2.24, 2.45) is 0 Å². The largest absolute Gasteiger partial charge is 0.364 e. The molecule has 1 N–H and O–H groups in total. The Morgan fingerprint density at radius 3 is 2.42 bits per heavy atom. The lowest BCUT2D eigenvalue weighted by atomic mass is 9.98. The Hall–Kier alpha value is -3.18. The van der Waals surface area contributed by atoms with Gasteiger partial charge in [0.25, 0.3) is 5.56 Å². The summed E-state index contributed by atoms with van der Waals surface area (Å²) in [5, 5.41) is 5.16. The van der Waals surface area contributed by atoms with Crippen molar-refractivity contribution in [1.29, 1.82) is 0 Å². The molecule has 6 heteroatoms. The van der Waals surface area contributed by atoms with Crippen molar-refractivity contribution in [3.8, 4) is 28.1 Å². The van der Waals surface area contributed by atoms with Gasteiger partial charge in [-0.2, -0.15) is 9.78 Å². The van der Waals surface area contributed by atoms with Crippen LogP contribution < -0.4 is 5.56 Å². The van der Waals surface area contributed by atoms with E-state index in [1.807, 2.05) is 19.1 Å². The molecule has 2 aromatic rings. The number of aromatic nitrogens is 3. The maximum absolute atomic E-state index is 12.8. The molecule has 0 bridgehead atoms. The van der Waals surface area contributed by atoms with Crippen LogP contribution in [-0.2, 0) is 0 Å². The number of aromatic amines is 1. The summed E-state index contributed by atoms with van der Waals surface area (Å²) < 4.78 is 1.37. The summed E-state index contributed by atoms with van der Waals surface area (Å²) in [4.78, 5) is 26.8. The molecule has 0 saturated heterocycles. The average molecular weight is 364 g/mol. The van der Waals surface area contributed by atoms with Crippen molar-refractivity contribution in [3.05, 3.63) is 81.4 Å². The number of halogens is 1. The third kappa shape index (κ3) is 2.62. The molecule has 5 nitrogen and oxygen atoms in total. The van der Waals surface area contributed by atoms with E-state index in [0.717, 1.165) is 23.1 Å². The summed E-state index contributed by atoms with van der Waals surface area (Å²) in [7, 11) is 0. The van der Waals surface area contributed by atoms with Crippen LogP contribution in [0.25, 0.3) is 28.1 Å². The lowest BCUT2D eigenvalue weighted by molar-refractivity contribution is 0.112. The number of nitrogens with one attached hydrogen (secondary N) is 1. The molecular formula is C20H14ClN3O2. The molecule has 0 fully saturated rings. The smallest absolute Gasteiger partial charge is 0.282 e. The number of benzene rings is 2. The highest BCUT2D eigenvalue weighted by Gasteiger charge is 2.22. The summed E-state index contributed by atoms with van der Waals surface area (Å²) in [5.41, 5.74) is 4.76. The SMILES string of the molecule is Cc1[nH]cc2c(=O)n(-c3ccc(Cl)cc3)nc-2c1-c1ccc(C=O)cc1. The molecule has 0 aliphatic carbocycles. The molecule has 2 aliphatic rings. The average Bonchev–Trinajstić information content (AvgIpc) is 2.99. The maximum atomic E-state index is 12.8. The first-order chi connectivity index (χ1) is 12.6. The van der Waals surface area contributed by atoms with Crippen LogP contribution in [0.5, 0.6) is 0 Å². The monoisotopic (exact) mass is 363 g/mol. The molecule has 2 aliphatic heterocycles. The van der Waals surface area contributed by atoms with E-state index in [1.54, 1.807) is 42.6 Å². The van der Waals surface area contributed by atoms with Crippen LogP contribution in [0.3, 0.4) is 0 Å². The predicted molar refractivity (Wildman–Crippen MR) is 101 cm³/mol. The van der Waals surface area contributed by atoms with Gasteiger partial charge >= 0.3 is 0 Å². The number of carbonyl (C=O) groups excluding carboxylic acids is 1. The van der Waals surface area contributed by atoms with Crippen LogP contribution in [-0.4, -0.2) is 21.1 Å². The second kappa shape index (κ2) is 6.28. The molecule has 2 aromatic carbocycles. The molecule has 0 amide bonds.